The lowest BCUT2D eigenvalue weighted by Gasteiger charge is -2.03. The van der Waals surface area contributed by atoms with Crippen LogP contribution in [0, 0.1) is 11.3 Å². The van der Waals surface area contributed by atoms with Crippen molar-refractivity contribution in [2.45, 2.75) is 78.6 Å². The lowest BCUT2D eigenvalue weighted by Crippen LogP contribution is -2.05. The summed E-state index contributed by atoms with van der Waals surface area (Å²) < 4.78 is 0. The van der Waals surface area contributed by atoms with E-state index in [2.05, 4.69) is 20.8 Å². The zero-order valence-corrected chi connectivity index (χ0v) is 11.3. The fraction of sp³-hybridized carbons (Fsp3) is 0.933. The molecule has 0 aliphatic heterocycles. The Hall–Kier alpha value is -0.330. The summed E-state index contributed by atoms with van der Waals surface area (Å²) in [5, 5.41) is 0. The smallest absolute Gasteiger partial charge is 0.136 e. The molecule has 0 spiro atoms. The van der Waals surface area contributed by atoms with Gasteiger partial charge in [0.25, 0.3) is 0 Å². The average molecular weight is 224 g/mol. The molecule has 1 rings (SSSR count). The van der Waals surface area contributed by atoms with Crippen LogP contribution < -0.4 is 0 Å². The fourth-order valence-electron chi connectivity index (χ4n) is 2.45. The van der Waals surface area contributed by atoms with E-state index in [0.29, 0.717) is 17.1 Å². The Morgan fingerprint density at radius 3 is 2.06 bits per heavy atom. The van der Waals surface area contributed by atoms with Crippen LogP contribution in [0.3, 0.4) is 0 Å². The Balaban J connectivity index is 1.90. The highest BCUT2D eigenvalue weighted by molar-refractivity contribution is 5.84. The Bertz CT molecular complexity index is 217. The van der Waals surface area contributed by atoms with Gasteiger partial charge in [-0.15, -0.1) is 0 Å². The molecule has 0 bridgehead atoms. The van der Waals surface area contributed by atoms with Crippen LogP contribution in [-0.2, 0) is 4.79 Å². The van der Waals surface area contributed by atoms with Gasteiger partial charge in [0.05, 0.1) is 0 Å². The normalized spacial score (nSPS) is 22.1. The third kappa shape index (κ3) is 4.67. The van der Waals surface area contributed by atoms with Gasteiger partial charge in [0, 0.05) is 12.3 Å². The first-order chi connectivity index (χ1) is 7.58. The molecule has 1 atom stereocenters. The molecule has 1 aliphatic carbocycles. The van der Waals surface area contributed by atoms with Crippen molar-refractivity contribution in [2.75, 3.05) is 0 Å². The van der Waals surface area contributed by atoms with E-state index in [4.69, 9.17) is 0 Å². The van der Waals surface area contributed by atoms with Crippen LogP contribution in [0.4, 0.5) is 0 Å². The number of hydrogen-bond acceptors (Lipinski definition) is 1. The van der Waals surface area contributed by atoms with E-state index in [0.717, 1.165) is 19.3 Å². The molecule has 0 aromatic heterocycles. The molecule has 0 aromatic carbocycles. The second-order valence-corrected chi connectivity index (χ2v) is 6.08. The van der Waals surface area contributed by atoms with Crippen molar-refractivity contribution >= 4 is 5.78 Å². The maximum Gasteiger partial charge on any atom is 0.136 e. The molecule has 94 valence electrons. The third-order valence-electron chi connectivity index (χ3n) is 3.93. The molecule has 16 heavy (non-hydrogen) atoms. The Morgan fingerprint density at radius 1 is 1.06 bits per heavy atom. The summed E-state index contributed by atoms with van der Waals surface area (Å²) in [4.78, 5) is 11.8. The molecule has 1 fully saturated rings. The third-order valence-corrected chi connectivity index (χ3v) is 3.93. The summed E-state index contributed by atoms with van der Waals surface area (Å²) in [7, 11) is 0. The van der Waals surface area contributed by atoms with E-state index >= 15 is 0 Å². The van der Waals surface area contributed by atoms with E-state index in [1.165, 1.54) is 38.5 Å². The van der Waals surface area contributed by atoms with Crippen LogP contribution in [0.1, 0.15) is 78.6 Å². The van der Waals surface area contributed by atoms with E-state index in [-0.39, 0.29) is 0 Å². The van der Waals surface area contributed by atoms with Gasteiger partial charge in [-0.05, 0) is 18.3 Å². The van der Waals surface area contributed by atoms with E-state index in [1.807, 2.05) is 0 Å². The van der Waals surface area contributed by atoms with Crippen LogP contribution >= 0.6 is 0 Å². The molecule has 1 unspecified atom stereocenters. The van der Waals surface area contributed by atoms with Gasteiger partial charge in [-0.25, -0.2) is 0 Å². The van der Waals surface area contributed by atoms with Gasteiger partial charge in [-0.2, -0.15) is 0 Å². The van der Waals surface area contributed by atoms with E-state index < -0.39 is 0 Å². The van der Waals surface area contributed by atoms with Crippen LogP contribution in [0.25, 0.3) is 0 Å². The molecular formula is C15H28O. The van der Waals surface area contributed by atoms with Gasteiger partial charge in [0.15, 0.2) is 0 Å². The van der Waals surface area contributed by atoms with Gasteiger partial charge in [-0.1, -0.05) is 59.3 Å². The standard InChI is InChI=1S/C15H28O/c1-4-5-6-7-8-9-10-11-14(16)13-12-15(13,2)3/h13H,4-12H2,1-3H3. The fourth-order valence-corrected chi connectivity index (χ4v) is 2.45. The van der Waals surface area contributed by atoms with Crippen molar-refractivity contribution in [1.82, 2.24) is 0 Å². The summed E-state index contributed by atoms with van der Waals surface area (Å²) in [6.07, 6.45) is 11.1. The molecule has 1 saturated carbocycles. The number of rotatable bonds is 9. The SMILES string of the molecule is CCCCCCCCCC(=O)C1CC1(C)C. The Kier molecular flexibility index (Phi) is 5.51. The molecule has 1 nitrogen and oxygen atoms in total. The molecule has 1 aliphatic rings. The van der Waals surface area contributed by atoms with Crippen LogP contribution in [0.15, 0.2) is 0 Å². The number of carbonyl (C=O) groups is 1. The van der Waals surface area contributed by atoms with Crippen molar-refractivity contribution in [1.29, 1.82) is 0 Å². The molecule has 0 radical (unpaired) electrons. The summed E-state index contributed by atoms with van der Waals surface area (Å²) >= 11 is 0. The minimum Gasteiger partial charge on any atom is -0.299 e. The highest BCUT2D eigenvalue weighted by Crippen LogP contribution is 2.52. The Labute approximate surface area is 101 Å². The number of Topliss-reactive ketones (excluding diaryl/α,β-unsaturated/α-hetero) is 1. The molecule has 0 aromatic rings. The first-order valence-corrected chi connectivity index (χ1v) is 7.10. The first kappa shape index (κ1) is 13.7. The number of ketones is 1. The van der Waals surface area contributed by atoms with Crippen LogP contribution in [-0.4, -0.2) is 5.78 Å². The van der Waals surface area contributed by atoms with Crippen molar-refractivity contribution in [3.63, 3.8) is 0 Å². The number of carbonyl (C=O) groups excluding carboxylic acids is 1. The van der Waals surface area contributed by atoms with E-state index in [1.54, 1.807) is 0 Å². The topological polar surface area (TPSA) is 17.1 Å². The zero-order valence-electron chi connectivity index (χ0n) is 11.3. The number of unbranched alkanes of at least 4 members (excludes halogenated alkanes) is 6. The van der Waals surface area contributed by atoms with E-state index in [9.17, 15) is 4.79 Å². The quantitative estimate of drug-likeness (QED) is 0.517. The molecule has 0 amide bonds. The van der Waals surface area contributed by atoms with Crippen molar-refractivity contribution in [3.05, 3.63) is 0 Å². The minimum atomic E-state index is 0.332. The van der Waals surface area contributed by atoms with Gasteiger partial charge in [-0.3, -0.25) is 4.79 Å². The lowest BCUT2D eigenvalue weighted by molar-refractivity contribution is -0.121. The molecule has 0 N–H and O–H groups in total. The van der Waals surface area contributed by atoms with Gasteiger partial charge < -0.3 is 0 Å². The Morgan fingerprint density at radius 2 is 1.56 bits per heavy atom. The first-order valence-electron chi connectivity index (χ1n) is 7.10. The maximum atomic E-state index is 11.8. The van der Waals surface area contributed by atoms with Gasteiger partial charge >= 0.3 is 0 Å². The minimum absolute atomic E-state index is 0.332. The highest BCUT2D eigenvalue weighted by Gasteiger charge is 2.49. The predicted molar refractivity (Wildman–Crippen MR) is 69.5 cm³/mol. The van der Waals surface area contributed by atoms with Crippen molar-refractivity contribution in [2.24, 2.45) is 11.3 Å². The molecule has 0 heterocycles. The predicted octanol–water partition coefficient (Wildman–Crippen LogP) is 4.74. The summed E-state index contributed by atoms with van der Waals surface area (Å²) in [6, 6.07) is 0. The molecular weight excluding hydrogens is 196 g/mol. The lowest BCUT2D eigenvalue weighted by atomic mass is 10.0. The van der Waals surface area contributed by atoms with Crippen LogP contribution in [0.5, 0.6) is 0 Å². The number of hydrogen-bond donors (Lipinski definition) is 0. The van der Waals surface area contributed by atoms with Crippen molar-refractivity contribution in [3.8, 4) is 0 Å². The summed E-state index contributed by atoms with van der Waals surface area (Å²) in [6.45, 7) is 6.66. The maximum absolute atomic E-state index is 11.8. The largest absolute Gasteiger partial charge is 0.299 e. The average Bonchev–Trinajstić information content (AvgIpc) is 2.86. The zero-order chi connectivity index (χ0) is 12.0. The second-order valence-electron chi connectivity index (χ2n) is 6.08. The molecule has 0 saturated heterocycles. The highest BCUT2D eigenvalue weighted by atomic mass is 16.1. The summed E-state index contributed by atoms with van der Waals surface area (Å²) in [5.41, 5.74) is 0.332. The van der Waals surface area contributed by atoms with Gasteiger partial charge in [0.2, 0.25) is 0 Å². The monoisotopic (exact) mass is 224 g/mol. The van der Waals surface area contributed by atoms with Crippen LogP contribution in [0.2, 0.25) is 0 Å². The van der Waals surface area contributed by atoms with Gasteiger partial charge in [0.1, 0.15) is 5.78 Å². The second kappa shape index (κ2) is 6.42. The molecule has 1 heteroatoms. The summed E-state index contributed by atoms with van der Waals surface area (Å²) in [5.74, 6) is 0.922. The van der Waals surface area contributed by atoms with Crippen molar-refractivity contribution < 1.29 is 4.79 Å².